The van der Waals surface area contributed by atoms with Crippen LogP contribution in [0.1, 0.15) is 19.5 Å². The Labute approximate surface area is 156 Å². The van der Waals surface area contributed by atoms with E-state index in [2.05, 4.69) is 41.4 Å². The van der Waals surface area contributed by atoms with Crippen LogP contribution in [0.3, 0.4) is 0 Å². The number of nitrogens with zero attached hydrogens (tertiary/aromatic N) is 1. The molecule has 0 aliphatic heterocycles. The van der Waals surface area contributed by atoms with Crippen LogP contribution < -0.4 is 0 Å². The molecule has 2 aliphatic carbocycles. The van der Waals surface area contributed by atoms with Gasteiger partial charge in [0.15, 0.2) is 5.78 Å². The maximum absolute atomic E-state index is 10.0. The van der Waals surface area contributed by atoms with Gasteiger partial charge in [0.25, 0.3) is 0 Å². The van der Waals surface area contributed by atoms with Crippen LogP contribution in [0, 0.1) is 17.9 Å². The number of aromatic nitrogens is 1. The van der Waals surface area contributed by atoms with E-state index in [1.807, 2.05) is 30.5 Å². The third-order valence-electron chi connectivity index (χ3n) is 3.42. The molecule has 1 N–H and O–H groups in total. The van der Waals surface area contributed by atoms with E-state index in [1.54, 1.807) is 0 Å². The van der Waals surface area contributed by atoms with Gasteiger partial charge in [-0.15, -0.1) is 5.57 Å². The van der Waals surface area contributed by atoms with Crippen molar-refractivity contribution in [3.63, 3.8) is 0 Å². The van der Waals surface area contributed by atoms with Crippen LogP contribution in [0.5, 0.6) is 0 Å². The van der Waals surface area contributed by atoms with Crippen LogP contribution in [0.4, 0.5) is 0 Å². The van der Waals surface area contributed by atoms with Crippen molar-refractivity contribution in [2.75, 3.05) is 0 Å². The minimum Gasteiger partial charge on any atom is -0.512 e. The molecule has 0 bridgehead atoms. The number of pyridine rings is 1. The molecule has 1 aromatic rings. The van der Waals surface area contributed by atoms with Crippen LogP contribution in [0.15, 0.2) is 72.7 Å². The molecular weight excluding hydrogens is 478 g/mol. The topological polar surface area (TPSA) is 50.2 Å². The first kappa shape index (κ1) is 20.0. The summed E-state index contributed by atoms with van der Waals surface area (Å²) in [5, 5.41) is 8.36. The average Bonchev–Trinajstić information content (AvgIpc) is 2.54. The standard InChI is InChI=1S/C15H12N.C5H8O2.Ir/c1-2-8-13-12(6-1)7-5-9-14(13)15-10-3-4-11-16-15;1-4(6)3-5(2)7;/h1-8,10-13H;3,6H,1-2H3;/q-1;;/b;4-3-;. The molecule has 1 aromatic heterocycles. The SMILES string of the molecule is CC(=O)/C=C(/C)O.[C-]1=C(c2ccccn2)C2C=CC=CC2C=C1.[Ir]. The fourth-order valence-corrected chi connectivity index (χ4v) is 2.50. The van der Waals surface area contributed by atoms with E-state index in [0.29, 0.717) is 11.8 Å². The zero-order valence-corrected chi connectivity index (χ0v) is 16.0. The molecule has 2 atom stereocenters. The van der Waals surface area contributed by atoms with E-state index >= 15 is 0 Å². The van der Waals surface area contributed by atoms with Gasteiger partial charge >= 0.3 is 0 Å². The number of aliphatic hydroxyl groups is 1. The molecule has 0 saturated heterocycles. The van der Waals surface area contributed by atoms with Gasteiger partial charge in [0.2, 0.25) is 0 Å². The van der Waals surface area contributed by atoms with Gasteiger partial charge in [-0.25, -0.2) is 0 Å². The van der Waals surface area contributed by atoms with Crippen LogP contribution in [0.2, 0.25) is 0 Å². The van der Waals surface area contributed by atoms with Crippen molar-refractivity contribution in [3.05, 3.63) is 84.5 Å². The van der Waals surface area contributed by atoms with E-state index in [4.69, 9.17) is 5.11 Å². The van der Waals surface area contributed by atoms with Crippen LogP contribution in [-0.4, -0.2) is 15.9 Å². The largest absolute Gasteiger partial charge is 0.512 e. The van der Waals surface area contributed by atoms with Crippen molar-refractivity contribution < 1.29 is 30.0 Å². The number of rotatable bonds is 2. The van der Waals surface area contributed by atoms with Crippen LogP contribution in [0.25, 0.3) is 5.57 Å². The number of hydrogen-bond acceptors (Lipinski definition) is 3. The normalized spacial score (nSPS) is 20.9. The fraction of sp³-hybridized carbons (Fsp3) is 0.200. The van der Waals surface area contributed by atoms with Gasteiger partial charge < -0.3 is 10.1 Å². The summed E-state index contributed by atoms with van der Waals surface area (Å²) in [6, 6.07) is 6.01. The third-order valence-corrected chi connectivity index (χ3v) is 3.42. The van der Waals surface area contributed by atoms with Gasteiger partial charge in [0.1, 0.15) is 0 Å². The molecule has 1 heterocycles. The van der Waals surface area contributed by atoms with Gasteiger partial charge in [0, 0.05) is 32.4 Å². The average molecular weight is 499 g/mol. The van der Waals surface area contributed by atoms with Crippen molar-refractivity contribution in [2.24, 2.45) is 11.8 Å². The Kier molecular flexibility index (Phi) is 8.31. The molecule has 1 radical (unpaired) electrons. The van der Waals surface area contributed by atoms with Crippen molar-refractivity contribution >= 4 is 11.4 Å². The van der Waals surface area contributed by atoms with Gasteiger partial charge in [-0.05, 0) is 37.4 Å². The molecule has 0 fully saturated rings. The Balaban J connectivity index is 0.000000312. The quantitative estimate of drug-likeness (QED) is 0.377. The second-order valence-corrected chi connectivity index (χ2v) is 5.40. The first-order chi connectivity index (χ1) is 11.1. The number of carbonyl (C=O) groups is 1. The predicted molar refractivity (Wildman–Crippen MR) is 92.4 cm³/mol. The zero-order valence-electron chi connectivity index (χ0n) is 13.6. The molecular formula is C20H20IrNO2-. The molecule has 2 aliphatic rings. The zero-order chi connectivity index (χ0) is 16.7. The molecule has 3 nitrogen and oxygen atoms in total. The van der Waals surface area contributed by atoms with Crippen LogP contribution in [-0.2, 0) is 24.9 Å². The van der Waals surface area contributed by atoms with Gasteiger partial charge in [-0.1, -0.05) is 36.4 Å². The molecule has 24 heavy (non-hydrogen) atoms. The Bertz CT molecular complexity index is 696. The van der Waals surface area contributed by atoms with E-state index in [-0.39, 0.29) is 31.6 Å². The van der Waals surface area contributed by atoms with Crippen molar-refractivity contribution in [1.82, 2.24) is 4.98 Å². The summed E-state index contributed by atoms with van der Waals surface area (Å²) in [5.74, 6) is 0.792. The first-order valence-electron chi connectivity index (χ1n) is 7.52. The molecule has 0 aromatic carbocycles. The number of fused-ring (bicyclic) bond motifs is 1. The van der Waals surface area contributed by atoms with Gasteiger partial charge in [0.05, 0.1) is 5.76 Å². The van der Waals surface area contributed by atoms with Crippen molar-refractivity contribution in [1.29, 1.82) is 0 Å². The predicted octanol–water partition coefficient (Wildman–Crippen LogP) is 4.23. The Morgan fingerprint density at radius 3 is 2.54 bits per heavy atom. The maximum Gasteiger partial charge on any atom is 0.155 e. The molecule has 3 rings (SSSR count). The van der Waals surface area contributed by atoms with Crippen molar-refractivity contribution in [2.45, 2.75) is 13.8 Å². The van der Waals surface area contributed by atoms with E-state index in [1.165, 1.54) is 25.5 Å². The second-order valence-electron chi connectivity index (χ2n) is 5.40. The Morgan fingerprint density at radius 2 is 1.96 bits per heavy atom. The van der Waals surface area contributed by atoms with Crippen LogP contribution >= 0.6 is 0 Å². The van der Waals surface area contributed by atoms with E-state index < -0.39 is 0 Å². The van der Waals surface area contributed by atoms with Crippen molar-refractivity contribution in [3.8, 4) is 0 Å². The number of hydrogen-bond donors (Lipinski definition) is 1. The van der Waals surface area contributed by atoms with E-state index in [9.17, 15) is 4.79 Å². The fourth-order valence-electron chi connectivity index (χ4n) is 2.50. The minimum atomic E-state index is -0.125. The van der Waals surface area contributed by atoms with Gasteiger partial charge in [-0.3, -0.25) is 4.79 Å². The third kappa shape index (κ3) is 5.88. The summed E-state index contributed by atoms with van der Waals surface area (Å²) in [6.07, 6.45) is 19.2. The molecule has 127 valence electrons. The first-order valence-corrected chi connectivity index (χ1v) is 7.52. The smallest absolute Gasteiger partial charge is 0.155 e. The minimum absolute atomic E-state index is 0. The molecule has 0 saturated carbocycles. The molecule has 0 spiro atoms. The Morgan fingerprint density at radius 1 is 1.21 bits per heavy atom. The van der Waals surface area contributed by atoms with Gasteiger partial charge in [-0.2, -0.15) is 18.2 Å². The maximum atomic E-state index is 10.0. The summed E-state index contributed by atoms with van der Waals surface area (Å²) < 4.78 is 0. The molecule has 4 heteroatoms. The number of aliphatic hydroxyl groups excluding tert-OH is 1. The van der Waals surface area contributed by atoms with E-state index in [0.717, 1.165) is 5.69 Å². The summed E-state index contributed by atoms with van der Waals surface area (Å²) >= 11 is 0. The summed E-state index contributed by atoms with van der Waals surface area (Å²) in [6.45, 7) is 2.85. The number of ketones is 1. The Hall–Kier alpha value is -2.03. The summed E-state index contributed by atoms with van der Waals surface area (Å²) in [5.41, 5.74) is 2.22. The summed E-state index contributed by atoms with van der Waals surface area (Å²) in [7, 11) is 0. The molecule has 2 unspecified atom stereocenters. The summed E-state index contributed by atoms with van der Waals surface area (Å²) in [4.78, 5) is 14.4. The number of carbonyl (C=O) groups excluding carboxylic acids is 1. The second kappa shape index (κ2) is 9.96. The number of allylic oxidation sites excluding steroid dienone is 10. The monoisotopic (exact) mass is 499 g/mol. The molecule has 0 amide bonds.